The Balaban J connectivity index is 1.94. The molecule has 2 N–H and O–H groups in total. The van der Waals surface area contributed by atoms with Crippen LogP contribution in [0.3, 0.4) is 0 Å². The van der Waals surface area contributed by atoms with Crippen LogP contribution in [0.25, 0.3) is 0 Å². The summed E-state index contributed by atoms with van der Waals surface area (Å²) in [5.74, 6) is -0.152. The molecule has 6 nitrogen and oxygen atoms in total. The predicted molar refractivity (Wildman–Crippen MR) is 82.4 cm³/mol. The average molecular weight is 323 g/mol. The third-order valence-corrected chi connectivity index (χ3v) is 4.61. The van der Waals surface area contributed by atoms with E-state index in [1.807, 2.05) is 0 Å². The van der Waals surface area contributed by atoms with E-state index in [0.29, 0.717) is 29.2 Å². The summed E-state index contributed by atoms with van der Waals surface area (Å²) in [6.45, 7) is 1.15. The fourth-order valence-electron chi connectivity index (χ4n) is 2.14. The van der Waals surface area contributed by atoms with Gasteiger partial charge in [-0.05, 0) is 31.2 Å². The second-order valence-electron chi connectivity index (χ2n) is 5.11. The van der Waals surface area contributed by atoms with Crippen LogP contribution in [-0.4, -0.2) is 46.4 Å². The van der Waals surface area contributed by atoms with Crippen LogP contribution >= 0.6 is 11.8 Å². The minimum atomic E-state index is -1.20. The largest absolute Gasteiger partial charge is 0.484 e. The summed E-state index contributed by atoms with van der Waals surface area (Å²) in [5, 5.41) is 11.8. The number of rotatable bonds is 6. The maximum Gasteiger partial charge on any atom is 0.330 e. The van der Waals surface area contributed by atoms with E-state index in [1.165, 1.54) is 18.7 Å². The van der Waals surface area contributed by atoms with E-state index in [4.69, 9.17) is 4.74 Å². The first-order chi connectivity index (χ1) is 10.4. The average Bonchev–Trinajstić information content (AvgIpc) is 2.95. The molecule has 1 fully saturated rings. The van der Waals surface area contributed by atoms with Crippen LogP contribution in [0.4, 0.5) is 0 Å². The molecule has 1 atom stereocenters. The van der Waals surface area contributed by atoms with Gasteiger partial charge in [0.2, 0.25) is 0 Å². The Hall–Kier alpha value is -2.02. The number of hydrogen-bond acceptors (Lipinski definition) is 5. The number of carbonyl (C=O) groups is 3. The molecule has 1 heterocycles. The van der Waals surface area contributed by atoms with Gasteiger partial charge in [-0.15, -0.1) is 0 Å². The number of Topliss-reactive ketones (excluding diaryl/α,β-unsaturated/α-hetero) is 1. The van der Waals surface area contributed by atoms with Gasteiger partial charge < -0.3 is 15.2 Å². The van der Waals surface area contributed by atoms with Gasteiger partial charge in [0.1, 0.15) is 11.3 Å². The van der Waals surface area contributed by atoms with Crippen LogP contribution in [0.1, 0.15) is 23.7 Å². The minimum absolute atomic E-state index is 0.0947. The van der Waals surface area contributed by atoms with Crippen LogP contribution < -0.4 is 10.1 Å². The first-order valence-corrected chi connectivity index (χ1v) is 7.94. The highest BCUT2D eigenvalue weighted by Gasteiger charge is 2.43. The summed E-state index contributed by atoms with van der Waals surface area (Å²) in [4.78, 5) is 34.6. The molecule has 2 rings (SSSR count). The molecule has 1 unspecified atom stereocenters. The normalized spacial score (nSPS) is 20.4. The second kappa shape index (κ2) is 6.83. The number of hydrogen-bond donors (Lipinski definition) is 2. The summed E-state index contributed by atoms with van der Waals surface area (Å²) in [6, 6.07) is 6.51. The molecule has 0 spiro atoms. The molecule has 1 aromatic carbocycles. The van der Waals surface area contributed by atoms with Gasteiger partial charge in [-0.3, -0.25) is 9.59 Å². The Bertz CT molecular complexity index is 595. The van der Waals surface area contributed by atoms with Gasteiger partial charge >= 0.3 is 5.97 Å². The number of ether oxygens (including phenoxy) is 1. The summed E-state index contributed by atoms with van der Waals surface area (Å²) < 4.78 is 5.33. The first kappa shape index (κ1) is 16.4. The zero-order chi connectivity index (χ0) is 16.2. The number of aliphatic carboxylic acids is 1. The van der Waals surface area contributed by atoms with E-state index in [1.54, 1.807) is 24.3 Å². The van der Waals surface area contributed by atoms with Crippen molar-refractivity contribution in [2.24, 2.45) is 0 Å². The smallest absolute Gasteiger partial charge is 0.330 e. The Morgan fingerprint density at radius 1 is 1.41 bits per heavy atom. The lowest BCUT2D eigenvalue weighted by Gasteiger charge is -2.24. The molecule has 1 aromatic rings. The monoisotopic (exact) mass is 323 g/mol. The molecule has 0 saturated carbocycles. The topological polar surface area (TPSA) is 92.7 Å². The SMILES string of the molecule is CC(=O)c1cccc(OCC(=O)NC2(C(=O)O)CCSC2)c1. The van der Waals surface area contributed by atoms with E-state index in [0.717, 1.165) is 0 Å². The van der Waals surface area contributed by atoms with Gasteiger partial charge in [-0.1, -0.05) is 12.1 Å². The van der Waals surface area contributed by atoms with Crippen molar-refractivity contribution in [3.8, 4) is 5.75 Å². The number of ketones is 1. The van der Waals surface area contributed by atoms with Crippen LogP contribution in [0.15, 0.2) is 24.3 Å². The van der Waals surface area contributed by atoms with Gasteiger partial charge in [-0.25, -0.2) is 4.79 Å². The van der Waals surface area contributed by atoms with Gasteiger partial charge in [0.25, 0.3) is 5.91 Å². The third kappa shape index (κ3) is 3.79. The molecule has 0 aliphatic carbocycles. The molecular formula is C15H17NO5S. The molecule has 1 saturated heterocycles. The van der Waals surface area contributed by atoms with Gasteiger partial charge in [-0.2, -0.15) is 11.8 Å². The lowest BCUT2D eigenvalue weighted by atomic mass is 9.99. The van der Waals surface area contributed by atoms with Crippen molar-refractivity contribution in [2.45, 2.75) is 18.9 Å². The number of carboxylic acid groups (broad SMARTS) is 1. The summed E-state index contributed by atoms with van der Waals surface area (Å²) in [6.07, 6.45) is 0.401. The van der Waals surface area contributed by atoms with E-state index in [2.05, 4.69) is 5.32 Å². The summed E-state index contributed by atoms with van der Waals surface area (Å²) in [5.41, 5.74) is -0.709. The molecule has 1 aliphatic heterocycles. The van der Waals surface area contributed by atoms with Crippen molar-refractivity contribution < 1.29 is 24.2 Å². The molecule has 22 heavy (non-hydrogen) atoms. The van der Waals surface area contributed by atoms with Crippen LogP contribution in [0.2, 0.25) is 0 Å². The minimum Gasteiger partial charge on any atom is -0.484 e. The predicted octanol–water partition coefficient (Wildman–Crippen LogP) is 1.34. The van der Waals surface area contributed by atoms with Gasteiger partial charge in [0, 0.05) is 11.3 Å². The molecule has 1 aliphatic rings. The maximum absolute atomic E-state index is 11.9. The van der Waals surface area contributed by atoms with E-state index >= 15 is 0 Å². The summed E-state index contributed by atoms with van der Waals surface area (Å²) >= 11 is 1.50. The Kier molecular flexibility index (Phi) is 5.07. The number of amides is 1. The number of carbonyl (C=O) groups excluding carboxylic acids is 2. The van der Waals surface area contributed by atoms with Crippen LogP contribution in [0, 0.1) is 0 Å². The van der Waals surface area contributed by atoms with Crippen molar-refractivity contribution in [3.63, 3.8) is 0 Å². The zero-order valence-electron chi connectivity index (χ0n) is 12.1. The molecular weight excluding hydrogens is 306 g/mol. The second-order valence-corrected chi connectivity index (χ2v) is 6.22. The maximum atomic E-state index is 11.9. The van der Waals surface area contributed by atoms with E-state index in [9.17, 15) is 19.5 Å². The number of nitrogens with one attached hydrogen (secondary N) is 1. The third-order valence-electron chi connectivity index (χ3n) is 3.42. The van der Waals surface area contributed by atoms with Gasteiger partial charge in [0.15, 0.2) is 12.4 Å². The fourth-order valence-corrected chi connectivity index (χ4v) is 3.47. The summed E-state index contributed by atoms with van der Waals surface area (Å²) in [7, 11) is 0. The molecule has 1 amide bonds. The Labute approximate surface area is 132 Å². The number of thioether (sulfide) groups is 1. The molecule has 7 heteroatoms. The van der Waals surface area contributed by atoms with Crippen molar-refractivity contribution in [1.29, 1.82) is 0 Å². The fraction of sp³-hybridized carbons (Fsp3) is 0.400. The number of benzene rings is 1. The molecule has 118 valence electrons. The molecule has 0 aromatic heterocycles. The Morgan fingerprint density at radius 3 is 2.77 bits per heavy atom. The van der Waals surface area contributed by atoms with Crippen LogP contribution in [-0.2, 0) is 9.59 Å². The highest BCUT2D eigenvalue weighted by atomic mass is 32.2. The highest BCUT2D eigenvalue weighted by Crippen LogP contribution is 2.28. The van der Waals surface area contributed by atoms with E-state index in [-0.39, 0.29) is 12.4 Å². The van der Waals surface area contributed by atoms with Crippen molar-refractivity contribution >= 4 is 29.4 Å². The lowest BCUT2D eigenvalue weighted by Crippen LogP contribution is -2.55. The number of carboxylic acids is 1. The molecule has 0 bridgehead atoms. The highest BCUT2D eigenvalue weighted by molar-refractivity contribution is 7.99. The quantitative estimate of drug-likeness (QED) is 0.768. The van der Waals surface area contributed by atoms with E-state index < -0.39 is 17.4 Å². The van der Waals surface area contributed by atoms with Crippen molar-refractivity contribution in [2.75, 3.05) is 18.1 Å². The van der Waals surface area contributed by atoms with Crippen LogP contribution in [0.5, 0.6) is 5.75 Å². The Morgan fingerprint density at radius 2 is 2.18 bits per heavy atom. The molecule has 0 radical (unpaired) electrons. The van der Waals surface area contributed by atoms with Crippen molar-refractivity contribution in [1.82, 2.24) is 5.32 Å². The van der Waals surface area contributed by atoms with Crippen molar-refractivity contribution in [3.05, 3.63) is 29.8 Å². The zero-order valence-corrected chi connectivity index (χ0v) is 12.9. The van der Waals surface area contributed by atoms with Gasteiger partial charge in [0.05, 0.1) is 0 Å². The standard InChI is InChI=1S/C15H17NO5S/c1-10(17)11-3-2-4-12(7-11)21-8-13(18)16-15(14(19)20)5-6-22-9-15/h2-4,7H,5-6,8-9H2,1H3,(H,16,18)(H,19,20). The first-order valence-electron chi connectivity index (χ1n) is 6.79. The lowest BCUT2D eigenvalue weighted by molar-refractivity contribution is -0.146.